The molecule has 1 aliphatic rings. The highest BCUT2D eigenvalue weighted by atomic mass is 32.2. The molecule has 2 atom stereocenters. The van der Waals surface area contributed by atoms with Crippen molar-refractivity contribution in [3.05, 3.63) is 5.82 Å². The van der Waals surface area contributed by atoms with E-state index in [-0.39, 0.29) is 11.9 Å². The number of aliphatic carboxylic acids is 1. The van der Waals surface area contributed by atoms with Gasteiger partial charge in [-0.25, -0.2) is 9.59 Å². The number of carbonyl (C=O) groups excluding carboxylic acids is 1. The Kier molecular flexibility index (Phi) is 3.65. The number of aromatic nitrogens is 4. The van der Waals surface area contributed by atoms with Crippen molar-refractivity contribution >= 4 is 23.8 Å². The van der Waals surface area contributed by atoms with Gasteiger partial charge in [0, 0.05) is 5.75 Å². The minimum absolute atomic E-state index is 0.107. The molecule has 98 valence electrons. The van der Waals surface area contributed by atoms with E-state index >= 15 is 0 Å². The summed E-state index contributed by atoms with van der Waals surface area (Å²) in [5, 5.41) is 24.4. The normalized spacial score (nSPS) is 23.1. The number of rotatable bonds is 3. The van der Waals surface area contributed by atoms with Crippen molar-refractivity contribution in [2.45, 2.75) is 24.9 Å². The van der Waals surface area contributed by atoms with Crippen LogP contribution in [-0.4, -0.2) is 59.8 Å². The SMILES string of the molecule is CC1SCC(C(=O)O)N1C(=O)NCc1nn[nH]n1. The summed E-state index contributed by atoms with van der Waals surface area (Å²) in [6, 6.07) is -1.24. The third kappa shape index (κ3) is 2.53. The quantitative estimate of drug-likeness (QED) is 0.661. The topological polar surface area (TPSA) is 124 Å². The van der Waals surface area contributed by atoms with Crippen LogP contribution >= 0.6 is 11.8 Å². The number of thioether (sulfide) groups is 1. The molecule has 0 saturated carbocycles. The second kappa shape index (κ2) is 5.21. The summed E-state index contributed by atoms with van der Waals surface area (Å²) in [7, 11) is 0. The molecular weight excluding hydrogens is 260 g/mol. The van der Waals surface area contributed by atoms with E-state index in [2.05, 4.69) is 25.9 Å². The number of carboxylic acids is 1. The first-order valence-electron chi connectivity index (χ1n) is 5.22. The number of nitrogens with zero attached hydrogens (tertiary/aromatic N) is 4. The number of hydrogen-bond acceptors (Lipinski definition) is 6. The lowest BCUT2D eigenvalue weighted by atomic mass is 10.3. The van der Waals surface area contributed by atoms with Gasteiger partial charge in [0.25, 0.3) is 0 Å². The van der Waals surface area contributed by atoms with Crippen molar-refractivity contribution in [3.63, 3.8) is 0 Å². The highest BCUT2D eigenvalue weighted by Crippen LogP contribution is 2.28. The maximum absolute atomic E-state index is 11.9. The molecule has 0 radical (unpaired) electrons. The van der Waals surface area contributed by atoms with Crippen LogP contribution in [0.5, 0.6) is 0 Å². The molecule has 0 aliphatic carbocycles. The molecule has 2 amide bonds. The van der Waals surface area contributed by atoms with Crippen molar-refractivity contribution in [3.8, 4) is 0 Å². The third-order valence-electron chi connectivity index (χ3n) is 2.53. The van der Waals surface area contributed by atoms with E-state index in [9.17, 15) is 9.59 Å². The van der Waals surface area contributed by atoms with Crippen LogP contribution in [0.25, 0.3) is 0 Å². The van der Waals surface area contributed by atoms with Gasteiger partial charge < -0.3 is 10.4 Å². The fourth-order valence-corrected chi connectivity index (χ4v) is 2.81. The number of nitrogens with one attached hydrogen (secondary N) is 2. The van der Waals surface area contributed by atoms with Gasteiger partial charge in [0.2, 0.25) is 0 Å². The van der Waals surface area contributed by atoms with Crippen molar-refractivity contribution < 1.29 is 14.7 Å². The monoisotopic (exact) mass is 272 g/mol. The Balaban J connectivity index is 1.96. The molecule has 18 heavy (non-hydrogen) atoms. The van der Waals surface area contributed by atoms with Crippen LogP contribution < -0.4 is 5.32 Å². The lowest BCUT2D eigenvalue weighted by Gasteiger charge is -2.24. The van der Waals surface area contributed by atoms with Gasteiger partial charge in [-0.05, 0) is 6.92 Å². The minimum Gasteiger partial charge on any atom is -0.480 e. The van der Waals surface area contributed by atoms with Gasteiger partial charge in [-0.1, -0.05) is 5.21 Å². The Labute approximate surface area is 106 Å². The third-order valence-corrected chi connectivity index (χ3v) is 3.75. The first kappa shape index (κ1) is 12.6. The fourth-order valence-electron chi connectivity index (χ4n) is 1.64. The van der Waals surface area contributed by atoms with Crippen LogP contribution in [0.2, 0.25) is 0 Å². The zero-order chi connectivity index (χ0) is 13.1. The summed E-state index contributed by atoms with van der Waals surface area (Å²) in [6.45, 7) is 1.90. The molecule has 2 unspecified atom stereocenters. The Morgan fingerprint density at radius 1 is 1.67 bits per heavy atom. The first-order valence-corrected chi connectivity index (χ1v) is 6.27. The van der Waals surface area contributed by atoms with Gasteiger partial charge in [-0.2, -0.15) is 5.21 Å². The Bertz CT molecular complexity index is 438. The molecule has 0 spiro atoms. The number of tetrazole rings is 1. The van der Waals surface area contributed by atoms with Crippen LogP contribution in [0.1, 0.15) is 12.7 Å². The van der Waals surface area contributed by atoms with E-state index in [1.807, 2.05) is 0 Å². The summed E-state index contributed by atoms with van der Waals surface area (Å²) in [5.74, 6) is -0.261. The fraction of sp³-hybridized carbons (Fsp3) is 0.625. The summed E-state index contributed by atoms with van der Waals surface area (Å²) >= 11 is 1.43. The second-order valence-electron chi connectivity index (χ2n) is 3.68. The molecule has 1 aromatic heterocycles. The van der Waals surface area contributed by atoms with E-state index in [1.54, 1.807) is 6.92 Å². The van der Waals surface area contributed by atoms with Gasteiger partial charge in [-0.15, -0.1) is 22.0 Å². The molecule has 9 nitrogen and oxygen atoms in total. The van der Waals surface area contributed by atoms with Gasteiger partial charge in [-0.3, -0.25) is 4.90 Å². The highest BCUT2D eigenvalue weighted by molar-refractivity contribution is 8.00. The van der Waals surface area contributed by atoms with Crippen LogP contribution in [0.3, 0.4) is 0 Å². The van der Waals surface area contributed by atoms with Crippen molar-refractivity contribution in [2.24, 2.45) is 0 Å². The number of amides is 2. The number of carboxylic acid groups (broad SMARTS) is 1. The van der Waals surface area contributed by atoms with E-state index in [0.29, 0.717) is 11.6 Å². The molecule has 10 heteroatoms. The molecule has 1 aliphatic heterocycles. The second-order valence-corrected chi connectivity index (χ2v) is 5.03. The number of hydrogen-bond donors (Lipinski definition) is 3. The standard InChI is InChI=1S/C8H12N6O3S/c1-4-14(5(3-18-4)7(15)16)8(17)9-2-6-10-12-13-11-6/h4-5H,2-3H2,1H3,(H,9,17)(H,15,16)(H,10,11,12,13). The van der Waals surface area contributed by atoms with Crippen LogP contribution in [-0.2, 0) is 11.3 Å². The molecular formula is C8H12N6O3S. The smallest absolute Gasteiger partial charge is 0.327 e. The van der Waals surface area contributed by atoms with Crippen molar-refractivity contribution in [2.75, 3.05) is 5.75 Å². The van der Waals surface area contributed by atoms with E-state index in [0.717, 1.165) is 0 Å². The lowest BCUT2D eigenvalue weighted by molar-refractivity contribution is -0.141. The highest BCUT2D eigenvalue weighted by Gasteiger charge is 2.39. The number of carbonyl (C=O) groups is 2. The molecule has 0 bridgehead atoms. The van der Waals surface area contributed by atoms with E-state index in [4.69, 9.17) is 5.11 Å². The average Bonchev–Trinajstić information content (AvgIpc) is 2.94. The maximum Gasteiger partial charge on any atom is 0.327 e. The molecule has 1 aromatic rings. The summed E-state index contributed by atoms with van der Waals surface area (Å²) in [6.07, 6.45) is 0. The number of H-pyrrole nitrogens is 1. The maximum atomic E-state index is 11.9. The Morgan fingerprint density at radius 2 is 2.44 bits per heavy atom. The minimum atomic E-state index is -0.999. The van der Waals surface area contributed by atoms with Crippen LogP contribution in [0.4, 0.5) is 4.79 Å². The predicted molar refractivity (Wildman–Crippen MR) is 61.6 cm³/mol. The Morgan fingerprint density at radius 3 is 3.06 bits per heavy atom. The molecule has 2 heterocycles. The molecule has 1 saturated heterocycles. The van der Waals surface area contributed by atoms with Crippen LogP contribution in [0.15, 0.2) is 0 Å². The molecule has 1 fully saturated rings. The van der Waals surface area contributed by atoms with Crippen molar-refractivity contribution in [1.29, 1.82) is 0 Å². The average molecular weight is 272 g/mol. The number of urea groups is 1. The van der Waals surface area contributed by atoms with Crippen LogP contribution in [0, 0.1) is 0 Å². The van der Waals surface area contributed by atoms with Crippen molar-refractivity contribution in [1.82, 2.24) is 30.8 Å². The Hall–Kier alpha value is -1.84. The number of aromatic amines is 1. The zero-order valence-corrected chi connectivity index (χ0v) is 10.3. The summed E-state index contributed by atoms with van der Waals surface area (Å²) < 4.78 is 0. The molecule has 0 aromatic carbocycles. The zero-order valence-electron chi connectivity index (χ0n) is 9.53. The predicted octanol–water partition coefficient (Wildman–Crippen LogP) is -0.743. The van der Waals surface area contributed by atoms with Gasteiger partial charge >= 0.3 is 12.0 Å². The lowest BCUT2D eigenvalue weighted by Crippen LogP contribution is -2.49. The summed E-state index contributed by atoms with van der Waals surface area (Å²) in [4.78, 5) is 24.3. The van der Waals surface area contributed by atoms with E-state index < -0.39 is 18.0 Å². The largest absolute Gasteiger partial charge is 0.480 e. The van der Waals surface area contributed by atoms with E-state index in [1.165, 1.54) is 16.7 Å². The summed E-state index contributed by atoms with van der Waals surface area (Å²) in [5.41, 5.74) is 0. The van der Waals surface area contributed by atoms with Gasteiger partial charge in [0.05, 0.1) is 11.9 Å². The molecule has 3 N–H and O–H groups in total. The van der Waals surface area contributed by atoms with Gasteiger partial charge in [0.1, 0.15) is 6.04 Å². The molecule has 2 rings (SSSR count). The first-order chi connectivity index (χ1) is 8.59. The van der Waals surface area contributed by atoms with Gasteiger partial charge in [0.15, 0.2) is 5.82 Å².